The van der Waals surface area contributed by atoms with Gasteiger partial charge in [-0.3, -0.25) is 0 Å². The molecule has 3 nitrogen and oxygen atoms in total. The minimum absolute atomic E-state index is 0.0477. The first-order valence-corrected chi connectivity index (χ1v) is 6.41. The van der Waals surface area contributed by atoms with E-state index in [1.807, 2.05) is 37.3 Å². The number of carbonyl (C=O) groups excluding carboxylic acids is 1. The van der Waals surface area contributed by atoms with Crippen molar-refractivity contribution in [2.75, 3.05) is 5.32 Å². The number of halogens is 1. The van der Waals surface area contributed by atoms with Crippen LogP contribution in [0.5, 0.6) is 0 Å². The van der Waals surface area contributed by atoms with E-state index in [0.29, 0.717) is 10.7 Å². The molecule has 2 N–H and O–H groups in total. The zero-order valence-corrected chi connectivity index (χ0v) is 11.3. The zero-order valence-electron chi connectivity index (χ0n) is 10.6. The molecular weight excluding hydrogens is 260 g/mol. The molecule has 0 saturated carbocycles. The van der Waals surface area contributed by atoms with Crippen LogP contribution in [0.4, 0.5) is 10.5 Å². The van der Waals surface area contributed by atoms with Crippen molar-refractivity contribution >= 4 is 23.3 Å². The van der Waals surface area contributed by atoms with Crippen molar-refractivity contribution in [2.45, 2.75) is 13.0 Å². The van der Waals surface area contributed by atoms with Gasteiger partial charge < -0.3 is 10.6 Å². The molecule has 2 aromatic rings. The Balaban J connectivity index is 1.93. The Bertz CT molecular complexity index is 540. The molecule has 0 unspecified atom stereocenters. The molecular formula is C15H15ClN2O. The molecule has 0 aliphatic carbocycles. The predicted octanol–water partition coefficient (Wildman–Crippen LogP) is 4.22. The molecule has 0 fully saturated rings. The van der Waals surface area contributed by atoms with E-state index in [2.05, 4.69) is 10.6 Å². The van der Waals surface area contributed by atoms with Gasteiger partial charge in [-0.05, 0) is 36.8 Å². The summed E-state index contributed by atoms with van der Waals surface area (Å²) in [6.45, 7) is 1.94. The smallest absolute Gasteiger partial charge is 0.319 e. The fourth-order valence-corrected chi connectivity index (χ4v) is 1.85. The predicted molar refractivity (Wildman–Crippen MR) is 78.5 cm³/mol. The van der Waals surface area contributed by atoms with Gasteiger partial charge in [0.15, 0.2) is 0 Å². The second kappa shape index (κ2) is 6.25. The number of nitrogens with one attached hydrogen (secondary N) is 2. The van der Waals surface area contributed by atoms with Gasteiger partial charge in [-0.1, -0.05) is 41.9 Å². The SMILES string of the molecule is C[C@@H](NC(=O)Nc1ccc(Cl)cc1)c1ccccc1. The summed E-state index contributed by atoms with van der Waals surface area (Å²) in [7, 11) is 0. The lowest BCUT2D eigenvalue weighted by Crippen LogP contribution is -2.31. The van der Waals surface area contributed by atoms with Crippen LogP contribution in [0.25, 0.3) is 0 Å². The standard InChI is InChI=1S/C15H15ClN2O/c1-11(12-5-3-2-4-6-12)17-15(19)18-14-9-7-13(16)8-10-14/h2-11H,1H3,(H2,17,18,19)/t11-/m1/s1. The Hall–Kier alpha value is -2.00. The molecule has 0 aromatic heterocycles. The maximum atomic E-state index is 11.8. The molecule has 0 aliphatic rings. The van der Waals surface area contributed by atoms with Crippen molar-refractivity contribution in [3.05, 3.63) is 65.2 Å². The molecule has 2 amide bonds. The molecule has 0 bridgehead atoms. The largest absolute Gasteiger partial charge is 0.331 e. The number of anilines is 1. The zero-order chi connectivity index (χ0) is 13.7. The molecule has 2 aromatic carbocycles. The van der Waals surface area contributed by atoms with Crippen LogP contribution in [-0.4, -0.2) is 6.03 Å². The van der Waals surface area contributed by atoms with Crippen molar-refractivity contribution in [3.63, 3.8) is 0 Å². The monoisotopic (exact) mass is 274 g/mol. The van der Waals surface area contributed by atoms with Gasteiger partial charge in [0.25, 0.3) is 0 Å². The number of urea groups is 1. The van der Waals surface area contributed by atoms with E-state index in [1.165, 1.54) is 0 Å². The van der Waals surface area contributed by atoms with Crippen molar-refractivity contribution in [1.82, 2.24) is 5.32 Å². The third kappa shape index (κ3) is 4.00. The van der Waals surface area contributed by atoms with Crippen molar-refractivity contribution in [2.24, 2.45) is 0 Å². The van der Waals surface area contributed by atoms with Crippen LogP contribution in [0, 0.1) is 0 Å². The van der Waals surface area contributed by atoms with E-state index >= 15 is 0 Å². The molecule has 0 saturated heterocycles. The second-order valence-electron chi connectivity index (χ2n) is 4.24. The summed E-state index contributed by atoms with van der Waals surface area (Å²) in [6, 6.07) is 16.5. The summed E-state index contributed by atoms with van der Waals surface area (Å²) < 4.78 is 0. The number of amides is 2. The lowest BCUT2D eigenvalue weighted by atomic mass is 10.1. The van der Waals surface area contributed by atoms with Gasteiger partial charge in [0.1, 0.15) is 0 Å². The average Bonchev–Trinajstić information content (AvgIpc) is 2.42. The number of hydrogen-bond acceptors (Lipinski definition) is 1. The van der Waals surface area contributed by atoms with Crippen molar-refractivity contribution in [3.8, 4) is 0 Å². The van der Waals surface area contributed by atoms with E-state index in [0.717, 1.165) is 5.56 Å². The lowest BCUT2D eigenvalue weighted by Gasteiger charge is -2.15. The first kappa shape index (κ1) is 13.4. The van der Waals surface area contributed by atoms with Crippen LogP contribution in [0.2, 0.25) is 5.02 Å². The number of hydrogen-bond donors (Lipinski definition) is 2. The van der Waals surface area contributed by atoms with E-state index < -0.39 is 0 Å². The van der Waals surface area contributed by atoms with Gasteiger partial charge >= 0.3 is 6.03 Å². The maximum absolute atomic E-state index is 11.8. The Morgan fingerprint density at radius 2 is 1.68 bits per heavy atom. The average molecular weight is 275 g/mol. The number of carbonyl (C=O) groups is 1. The Labute approximate surface area is 117 Å². The Morgan fingerprint density at radius 1 is 1.05 bits per heavy atom. The van der Waals surface area contributed by atoms with Gasteiger partial charge in [-0.2, -0.15) is 0 Å². The molecule has 0 heterocycles. The Morgan fingerprint density at radius 3 is 2.32 bits per heavy atom. The van der Waals surface area contributed by atoms with Crippen molar-refractivity contribution in [1.29, 1.82) is 0 Å². The van der Waals surface area contributed by atoms with Gasteiger partial charge in [-0.25, -0.2) is 4.79 Å². The quantitative estimate of drug-likeness (QED) is 0.864. The molecule has 4 heteroatoms. The van der Waals surface area contributed by atoms with E-state index in [9.17, 15) is 4.79 Å². The summed E-state index contributed by atoms with van der Waals surface area (Å²) in [4.78, 5) is 11.8. The van der Waals surface area contributed by atoms with Crippen LogP contribution in [-0.2, 0) is 0 Å². The van der Waals surface area contributed by atoms with E-state index in [-0.39, 0.29) is 12.1 Å². The van der Waals surface area contributed by atoms with Crippen LogP contribution in [0.15, 0.2) is 54.6 Å². The first-order valence-electron chi connectivity index (χ1n) is 6.03. The molecule has 19 heavy (non-hydrogen) atoms. The van der Waals surface area contributed by atoms with Gasteiger partial charge in [0.2, 0.25) is 0 Å². The minimum atomic E-state index is -0.237. The maximum Gasteiger partial charge on any atom is 0.319 e. The molecule has 98 valence electrons. The van der Waals surface area contributed by atoms with Gasteiger partial charge in [-0.15, -0.1) is 0 Å². The topological polar surface area (TPSA) is 41.1 Å². The van der Waals surface area contributed by atoms with Crippen LogP contribution in [0.1, 0.15) is 18.5 Å². The van der Waals surface area contributed by atoms with Gasteiger partial charge in [0.05, 0.1) is 6.04 Å². The van der Waals surface area contributed by atoms with E-state index in [1.54, 1.807) is 24.3 Å². The highest BCUT2D eigenvalue weighted by Gasteiger charge is 2.08. The summed E-state index contributed by atoms with van der Waals surface area (Å²) >= 11 is 5.78. The minimum Gasteiger partial charge on any atom is -0.331 e. The molecule has 0 radical (unpaired) electrons. The number of rotatable bonds is 3. The number of benzene rings is 2. The highest BCUT2D eigenvalue weighted by atomic mass is 35.5. The van der Waals surface area contributed by atoms with Crippen LogP contribution < -0.4 is 10.6 Å². The van der Waals surface area contributed by atoms with Gasteiger partial charge in [0, 0.05) is 10.7 Å². The van der Waals surface area contributed by atoms with Crippen LogP contribution >= 0.6 is 11.6 Å². The summed E-state index contributed by atoms with van der Waals surface area (Å²) in [5, 5.41) is 6.28. The first-order chi connectivity index (χ1) is 9.15. The fourth-order valence-electron chi connectivity index (χ4n) is 1.72. The Kier molecular flexibility index (Phi) is 4.42. The highest BCUT2D eigenvalue weighted by molar-refractivity contribution is 6.30. The molecule has 2 rings (SSSR count). The van der Waals surface area contributed by atoms with Crippen LogP contribution in [0.3, 0.4) is 0 Å². The summed E-state index contributed by atoms with van der Waals surface area (Å²) in [6.07, 6.45) is 0. The normalized spacial score (nSPS) is 11.7. The van der Waals surface area contributed by atoms with E-state index in [4.69, 9.17) is 11.6 Å². The summed E-state index contributed by atoms with van der Waals surface area (Å²) in [5.74, 6) is 0. The summed E-state index contributed by atoms with van der Waals surface area (Å²) in [5.41, 5.74) is 1.77. The highest BCUT2D eigenvalue weighted by Crippen LogP contribution is 2.14. The molecule has 0 spiro atoms. The third-order valence-corrected chi connectivity index (χ3v) is 3.00. The van der Waals surface area contributed by atoms with Crippen molar-refractivity contribution < 1.29 is 4.79 Å². The fraction of sp³-hybridized carbons (Fsp3) is 0.133. The third-order valence-electron chi connectivity index (χ3n) is 2.75. The lowest BCUT2D eigenvalue weighted by molar-refractivity contribution is 0.249. The molecule has 1 atom stereocenters. The second-order valence-corrected chi connectivity index (χ2v) is 4.67. The molecule has 0 aliphatic heterocycles.